The molecule has 1 atom stereocenters. The third-order valence-corrected chi connectivity index (χ3v) is 2.85. The summed E-state index contributed by atoms with van der Waals surface area (Å²) >= 11 is 0. The summed E-state index contributed by atoms with van der Waals surface area (Å²) in [5, 5.41) is 3.09. The van der Waals surface area contributed by atoms with E-state index in [-0.39, 0.29) is 5.56 Å². The van der Waals surface area contributed by atoms with E-state index in [1.54, 1.807) is 6.07 Å². The Kier molecular flexibility index (Phi) is 4.27. The van der Waals surface area contributed by atoms with Crippen molar-refractivity contribution >= 4 is 0 Å². The summed E-state index contributed by atoms with van der Waals surface area (Å²) in [6.45, 7) is 2.58. The number of halogens is 3. The van der Waals surface area contributed by atoms with Gasteiger partial charge in [0.15, 0.2) is 17.5 Å². The summed E-state index contributed by atoms with van der Waals surface area (Å²) in [5.74, 6) is -3.82. The first-order chi connectivity index (χ1) is 9.15. The van der Waals surface area contributed by atoms with Crippen molar-refractivity contribution in [3.05, 3.63) is 59.3 Å². The molecule has 2 rings (SSSR count). The van der Waals surface area contributed by atoms with E-state index in [0.29, 0.717) is 12.1 Å². The summed E-state index contributed by atoms with van der Waals surface area (Å²) in [4.78, 5) is 0. The van der Waals surface area contributed by atoms with Crippen LogP contribution in [0.4, 0.5) is 13.2 Å². The van der Waals surface area contributed by atoms with E-state index < -0.39 is 23.5 Å². The highest BCUT2D eigenvalue weighted by atomic mass is 19.2. The minimum atomic E-state index is -1.45. The first-order valence-corrected chi connectivity index (χ1v) is 6.04. The van der Waals surface area contributed by atoms with Crippen molar-refractivity contribution < 1.29 is 17.6 Å². The fourth-order valence-corrected chi connectivity index (χ4v) is 1.90. The molecule has 0 aliphatic carbocycles. The minimum Gasteiger partial charge on any atom is -0.472 e. The second kappa shape index (κ2) is 5.93. The summed E-state index contributed by atoms with van der Waals surface area (Å²) in [7, 11) is 0. The highest BCUT2D eigenvalue weighted by Gasteiger charge is 2.22. The van der Waals surface area contributed by atoms with Crippen LogP contribution in [0, 0.1) is 17.5 Å². The predicted molar refractivity (Wildman–Crippen MR) is 65.2 cm³/mol. The average molecular weight is 269 g/mol. The van der Waals surface area contributed by atoms with Crippen LogP contribution in [-0.2, 0) is 0 Å². The maximum absolute atomic E-state index is 13.8. The van der Waals surface area contributed by atoms with Crippen molar-refractivity contribution in [1.82, 2.24) is 5.32 Å². The van der Waals surface area contributed by atoms with Crippen LogP contribution in [0.5, 0.6) is 0 Å². The third kappa shape index (κ3) is 2.81. The number of benzene rings is 1. The van der Waals surface area contributed by atoms with Crippen LogP contribution < -0.4 is 5.32 Å². The van der Waals surface area contributed by atoms with Crippen LogP contribution >= 0.6 is 0 Å². The zero-order valence-corrected chi connectivity index (χ0v) is 10.4. The topological polar surface area (TPSA) is 25.2 Å². The Morgan fingerprint density at radius 2 is 1.95 bits per heavy atom. The van der Waals surface area contributed by atoms with Gasteiger partial charge in [-0.05, 0) is 25.1 Å². The van der Waals surface area contributed by atoms with E-state index >= 15 is 0 Å². The molecule has 0 aliphatic heterocycles. The van der Waals surface area contributed by atoms with Gasteiger partial charge >= 0.3 is 0 Å². The first kappa shape index (κ1) is 13.7. The van der Waals surface area contributed by atoms with Crippen LogP contribution in [0.3, 0.4) is 0 Å². The molecule has 1 unspecified atom stereocenters. The van der Waals surface area contributed by atoms with Gasteiger partial charge in [-0.1, -0.05) is 13.0 Å². The average Bonchev–Trinajstić information content (AvgIpc) is 2.92. The summed E-state index contributed by atoms with van der Waals surface area (Å²) in [5.41, 5.74) is 0.729. The van der Waals surface area contributed by atoms with Crippen LogP contribution in [0.25, 0.3) is 0 Å². The number of hydrogen-bond donors (Lipinski definition) is 1. The molecule has 1 aromatic heterocycles. The van der Waals surface area contributed by atoms with Gasteiger partial charge in [0.05, 0.1) is 18.6 Å². The molecule has 0 radical (unpaired) electrons. The molecule has 0 spiro atoms. The van der Waals surface area contributed by atoms with E-state index in [2.05, 4.69) is 5.32 Å². The van der Waals surface area contributed by atoms with Gasteiger partial charge in [-0.25, -0.2) is 13.2 Å². The van der Waals surface area contributed by atoms with E-state index in [4.69, 9.17) is 4.42 Å². The van der Waals surface area contributed by atoms with Gasteiger partial charge in [0.2, 0.25) is 0 Å². The fourth-order valence-electron chi connectivity index (χ4n) is 1.90. The molecule has 1 N–H and O–H groups in total. The second-order valence-electron chi connectivity index (χ2n) is 4.21. The lowest BCUT2D eigenvalue weighted by molar-refractivity contribution is 0.432. The van der Waals surface area contributed by atoms with Gasteiger partial charge in [-0.2, -0.15) is 0 Å². The number of rotatable bonds is 5. The molecule has 0 bridgehead atoms. The Morgan fingerprint density at radius 1 is 1.16 bits per heavy atom. The van der Waals surface area contributed by atoms with Gasteiger partial charge in [-0.15, -0.1) is 0 Å². The van der Waals surface area contributed by atoms with Crippen molar-refractivity contribution in [2.24, 2.45) is 0 Å². The Hall–Kier alpha value is -1.75. The van der Waals surface area contributed by atoms with Crippen LogP contribution in [-0.4, -0.2) is 6.54 Å². The molecular weight excluding hydrogens is 255 g/mol. The van der Waals surface area contributed by atoms with Crippen molar-refractivity contribution in [3.63, 3.8) is 0 Å². The van der Waals surface area contributed by atoms with E-state index in [1.807, 2.05) is 6.92 Å². The zero-order valence-electron chi connectivity index (χ0n) is 10.4. The molecule has 2 aromatic rings. The predicted octanol–water partition coefficient (Wildman–Crippen LogP) is 3.79. The largest absolute Gasteiger partial charge is 0.472 e. The summed E-state index contributed by atoms with van der Waals surface area (Å²) in [6, 6.07) is 3.27. The molecule has 1 aromatic carbocycles. The van der Waals surface area contributed by atoms with Crippen LogP contribution in [0.2, 0.25) is 0 Å². The number of furan rings is 1. The van der Waals surface area contributed by atoms with Crippen LogP contribution in [0.15, 0.2) is 35.1 Å². The Morgan fingerprint density at radius 3 is 2.58 bits per heavy atom. The van der Waals surface area contributed by atoms with Crippen molar-refractivity contribution in [3.8, 4) is 0 Å². The van der Waals surface area contributed by atoms with Gasteiger partial charge in [0, 0.05) is 11.1 Å². The standard InChI is InChI=1S/C14H14F3NO/c1-2-6-18-14(9-5-7-19-8-9)10-3-4-11(15)13(17)12(10)16/h3-5,7-8,14,18H,2,6H2,1H3. The molecule has 2 nitrogen and oxygen atoms in total. The molecular formula is C14H14F3NO. The molecule has 0 amide bonds. The highest BCUT2D eigenvalue weighted by molar-refractivity contribution is 5.31. The molecule has 1 heterocycles. The SMILES string of the molecule is CCCNC(c1ccoc1)c1ccc(F)c(F)c1F. The number of hydrogen-bond acceptors (Lipinski definition) is 2. The monoisotopic (exact) mass is 269 g/mol. The van der Waals surface area contributed by atoms with Gasteiger partial charge in [0.1, 0.15) is 0 Å². The van der Waals surface area contributed by atoms with Gasteiger partial charge < -0.3 is 9.73 Å². The summed E-state index contributed by atoms with van der Waals surface area (Å²) < 4.78 is 45.1. The molecule has 19 heavy (non-hydrogen) atoms. The molecule has 5 heteroatoms. The van der Waals surface area contributed by atoms with Gasteiger partial charge in [0.25, 0.3) is 0 Å². The minimum absolute atomic E-state index is 0.0637. The van der Waals surface area contributed by atoms with Crippen LogP contribution in [0.1, 0.15) is 30.5 Å². The summed E-state index contributed by atoms with van der Waals surface area (Å²) in [6.07, 6.45) is 3.74. The Bertz CT molecular complexity index is 540. The Labute approximate surface area is 109 Å². The van der Waals surface area contributed by atoms with E-state index in [0.717, 1.165) is 12.5 Å². The second-order valence-corrected chi connectivity index (χ2v) is 4.21. The van der Waals surface area contributed by atoms with Crippen molar-refractivity contribution in [1.29, 1.82) is 0 Å². The normalized spacial score (nSPS) is 12.6. The quantitative estimate of drug-likeness (QED) is 0.835. The number of nitrogens with one attached hydrogen (secondary N) is 1. The lowest BCUT2D eigenvalue weighted by Crippen LogP contribution is -2.24. The lowest BCUT2D eigenvalue weighted by atomic mass is 10.00. The van der Waals surface area contributed by atoms with E-state index in [9.17, 15) is 13.2 Å². The smallest absolute Gasteiger partial charge is 0.194 e. The third-order valence-electron chi connectivity index (χ3n) is 2.85. The lowest BCUT2D eigenvalue weighted by Gasteiger charge is -2.18. The maximum Gasteiger partial charge on any atom is 0.194 e. The molecule has 0 saturated heterocycles. The zero-order chi connectivity index (χ0) is 13.8. The Balaban J connectivity index is 2.41. The molecule has 102 valence electrons. The maximum atomic E-state index is 13.8. The molecule has 0 fully saturated rings. The molecule has 0 aliphatic rings. The molecule has 0 saturated carbocycles. The highest BCUT2D eigenvalue weighted by Crippen LogP contribution is 2.27. The van der Waals surface area contributed by atoms with Crippen molar-refractivity contribution in [2.75, 3.05) is 6.54 Å². The van der Waals surface area contributed by atoms with Gasteiger partial charge in [-0.3, -0.25) is 0 Å². The van der Waals surface area contributed by atoms with E-state index in [1.165, 1.54) is 18.6 Å². The first-order valence-electron chi connectivity index (χ1n) is 6.04. The fraction of sp³-hybridized carbons (Fsp3) is 0.286. The van der Waals surface area contributed by atoms with Crippen molar-refractivity contribution in [2.45, 2.75) is 19.4 Å².